The Morgan fingerprint density at radius 1 is 1.12 bits per heavy atom. The minimum atomic E-state index is 0. The third kappa shape index (κ3) is 3.50. The number of fused-ring (bicyclic) bond motifs is 1. The highest BCUT2D eigenvalue weighted by Crippen LogP contribution is 2.22. The monoisotopic (exact) mass is 239 g/mol. The molecule has 2 N–H and O–H groups in total. The van der Waals surface area contributed by atoms with Crippen molar-refractivity contribution in [2.45, 2.75) is 51.5 Å². The SMILES string of the molecule is CC(N)Cc1ccc2c(c1)CCCCC2.Cl. The highest BCUT2D eigenvalue weighted by Gasteiger charge is 2.08. The van der Waals surface area contributed by atoms with E-state index < -0.39 is 0 Å². The van der Waals surface area contributed by atoms with Crippen molar-refractivity contribution in [3.8, 4) is 0 Å². The number of halogens is 1. The first kappa shape index (κ1) is 13.5. The van der Waals surface area contributed by atoms with Crippen molar-refractivity contribution in [3.05, 3.63) is 34.9 Å². The van der Waals surface area contributed by atoms with Gasteiger partial charge in [-0.15, -0.1) is 12.4 Å². The lowest BCUT2D eigenvalue weighted by Crippen LogP contribution is -2.17. The molecule has 0 amide bonds. The summed E-state index contributed by atoms with van der Waals surface area (Å²) in [6.07, 6.45) is 7.65. The van der Waals surface area contributed by atoms with Crippen molar-refractivity contribution in [1.29, 1.82) is 0 Å². The number of aryl methyl sites for hydroxylation is 2. The van der Waals surface area contributed by atoms with E-state index in [1.807, 2.05) is 0 Å². The van der Waals surface area contributed by atoms with Crippen LogP contribution in [0.5, 0.6) is 0 Å². The van der Waals surface area contributed by atoms with Gasteiger partial charge in [-0.25, -0.2) is 0 Å². The van der Waals surface area contributed by atoms with Crippen LogP contribution in [0.4, 0.5) is 0 Å². The van der Waals surface area contributed by atoms with Gasteiger partial charge in [0.25, 0.3) is 0 Å². The number of benzene rings is 1. The molecule has 16 heavy (non-hydrogen) atoms. The van der Waals surface area contributed by atoms with Crippen molar-refractivity contribution in [1.82, 2.24) is 0 Å². The lowest BCUT2D eigenvalue weighted by molar-refractivity contribution is 0.711. The Bertz CT molecular complexity index is 334. The van der Waals surface area contributed by atoms with E-state index in [1.165, 1.54) is 37.7 Å². The summed E-state index contributed by atoms with van der Waals surface area (Å²) in [6, 6.07) is 7.23. The van der Waals surface area contributed by atoms with Gasteiger partial charge in [-0.3, -0.25) is 0 Å². The molecule has 1 atom stereocenters. The Hall–Kier alpha value is -0.530. The number of hydrogen-bond donors (Lipinski definition) is 1. The van der Waals surface area contributed by atoms with Crippen molar-refractivity contribution < 1.29 is 0 Å². The lowest BCUT2D eigenvalue weighted by Gasteiger charge is -2.10. The smallest absolute Gasteiger partial charge is 0.00509 e. The first-order valence-electron chi connectivity index (χ1n) is 6.12. The summed E-state index contributed by atoms with van der Waals surface area (Å²) >= 11 is 0. The minimum Gasteiger partial charge on any atom is -0.328 e. The summed E-state index contributed by atoms with van der Waals surface area (Å²) < 4.78 is 0. The van der Waals surface area contributed by atoms with E-state index in [1.54, 1.807) is 11.1 Å². The van der Waals surface area contributed by atoms with Crippen LogP contribution in [0.2, 0.25) is 0 Å². The van der Waals surface area contributed by atoms with Gasteiger partial charge in [-0.05, 0) is 55.7 Å². The molecule has 1 aliphatic carbocycles. The summed E-state index contributed by atoms with van der Waals surface area (Å²) in [4.78, 5) is 0. The predicted molar refractivity (Wildman–Crippen MR) is 72.3 cm³/mol. The molecule has 0 radical (unpaired) electrons. The quantitative estimate of drug-likeness (QED) is 0.788. The first-order chi connectivity index (χ1) is 7.25. The molecule has 2 rings (SSSR count). The van der Waals surface area contributed by atoms with Crippen molar-refractivity contribution >= 4 is 12.4 Å². The van der Waals surface area contributed by atoms with Crippen LogP contribution < -0.4 is 5.73 Å². The van der Waals surface area contributed by atoms with E-state index >= 15 is 0 Å². The topological polar surface area (TPSA) is 26.0 Å². The van der Waals surface area contributed by atoms with Gasteiger partial charge in [0.1, 0.15) is 0 Å². The summed E-state index contributed by atoms with van der Waals surface area (Å²) in [5.74, 6) is 0. The second-order valence-electron chi connectivity index (χ2n) is 4.85. The van der Waals surface area contributed by atoms with Crippen LogP contribution >= 0.6 is 12.4 Å². The van der Waals surface area contributed by atoms with Gasteiger partial charge in [0.15, 0.2) is 0 Å². The maximum Gasteiger partial charge on any atom is 0.00509 e. The molecule has 0 saturated heterocycles. The highest BCUT2D eigenvalue weighted by molar-refractivity contribution is 5.85. The highest BCUT2D eigenvalue weighted by atomic mass is 35.5. The second-order valence-corrected chi connectivity index (χ2v) is 4.85. The molecule has 1 aliphatic rings. The largest absolute Gasteiger partial charge is 0.328 e. The van der Waals surface area contributed by atoms with Crippen molar-refractivity contribution in [2.24, 2.45) is 5.73 Å². The standard InChI is InChI=1S/C14H21N.ClH/c1-11(15)9-12-7-8-13-5-3-2-4-6-14(13)10-12;/h7-8,10-11H,2-6,9,15H2,1H3;1H. The van der Waals surface area contributed by atoms with Gasteiger partial charge < -0.3 is 5.73 Å². The molecule has 0 aliphatic heterocycles. The normalized spacial score (nSPS) is 16.9. The molecule has 0 bridgehead atoms. The van der Waals surface area contributed by atoms with E-state index in [4.69, 9.17) is 5.73 Å². The Balaban J connectivity index is 0.00000128. The molecule has 1 nitrogen and oxygen atoms in total. The van der Waals surface area contributed by atoms with Gasteiger partial charge in [0.2, 0.25) is 0 Å². The van der Waals surface area contributed by atoms with E-state index in [2.05, 4.69) is 25.1 Å². The van der Waals surface area contributed by atoms with E-state index in [-0.39, 0.29) is 18.4 Å². The molecule has 90 valence electrons. The molecule has 0 heterocycles. The fourth-order valence-electron chi connectivity index (χ4n) is 2.46. The van der Waals surface area contributed by atoms with Crippen LogP contribution in [-0.2, 0) is 19.3 Å². The average Bonchev–Trinajstić information content (AvgIpc) is 2.41. The zero-order valence-corrected chi connectivity index (χ0v) is 10.9. The van der Waals surface area contributed by atoms with E-state index in [0.717, 1.165) is 6.42 Å². The zero-order chi connectivity index (χ0) is 10.7. The van der Waals surface area contributed by atoms with Gasteiger partial charge >= 0.3 is 0 Å². The molecule has 0 fully saturated rings. The number of hydrogen-bond acceptors (Lipinski definition) is 1. The van der Waals surface area contributed by atoms with Crippen molar-refractivity contribution in [2.75, 3.05) is 0 Å². The number of rotatable bonds is 2. The van der Waals surface area contributed by atoms with Crippen LogP contribution in [0.25, 0.3) is 0 Å². The van der Waals surface area contributed by atoms with E-state index in [0.29, 0.717) is 0 Å². The molecule has 0 spiro atoms. The summed E-state index contributed by atoms with van der Waals surface area (Å²) in [7, 11) is 0. The average molecular weight is 240 g/mol. The Labute approximate surface area is 105 Å². The van der Waals surface area contributed by atoms with Crippen LogP contribution in [0.1, 0.15) is 42.9 Å². The van der Waals surface area contributed by atoms with E-state index in [9.17, 15) is 0 Å². The summed E-state index contributed by atoms with van der Waals surface area (Å²) in [5.41, 5.74) is 10.4. The van der Waals surface area contributed by atoms with Gasteiger partial charge in [-0.1, -0.05) is 24.6 Å². The molecular weight excluding hydrogens is 218 g/mol. The maximum atomic E-state index is 5.83. The third-order valence-corrected chi connectivity index (χ3v) is 3.22. The second kappa shape index (κ2) is 6.27. The van der Waals surface area contributed by atoms with Crippen LogP contribution in [0, 0.1) is 0 Å². The molecule has 0 saturated carbocycles. The molecule has 1 unspecified atom stereocenters. The molecule has 1 aromatic rings. The van der Waals surface area contributed by atoms with Gasteiger partial charge in [-0.2, -0.15) is 0 Å². The third-order valence-electron chi connectivity index (χ3n) is 3.22. The van der Waals surface area contributed by atoms with Gasteiger partial charge in [0.05, 0.1) is 0 Å². The zero-order valence-electron chi connectivity index (χ0n) is 10.0. The molecule has 2 heteroatoms. The first-order valence-corrected chi connectivity index (χ1v) is 6.12. The lowest BCUT2D eigenvalue weighted by atomic mass is 9.97. The fourth-order valence-corrected chi connectivity index (χ4v) is 2.46. The van der Waals surface area contributed by atoms with Crippen LogP contribution in [-0.4, -0.2) is 6.04 Å². The van der Waals surface area contributed by atoms with Crippen LogP contribution in [0.3, 0.4) is 0 Å². The van der Waals surface area contributed by atoms with Gasteiger partial charge in [0, 0.05) is 6.04 Å². The van der Waals surface area contributed by atoms with Crippen LogP contribution in [0.15, 0.2) is 18.2 Å². The predicted octanol–water partition coefficient (Wildman–Crippen LogP) is 3.27. The fraction of sp³-hybridized carbons (Fsp3) is 0.571. The molecular formula is C14H22ClN. The maximum absolute atomic E-state index is 5.83. The Morgan fingerprint density at radius 2 is 1.81 bits per heavy atom. The Morgan fingerprint density at radius 3 is 2.50 bits per heavy atom. The number of nitrogens with two attached hydrogens (primary N) is 1. The molecule has 1 aromatic carbocycles. The summed E-state index contributed by atoms with van der Waals surface area (Å²) in [6.45, 7) is 2.08. The summed E-state index contributed by atoms with van der Waals surface area (Å²) in [5, 5.41) is 0. The minimum absolute atomic E-state index is 0. The molecule has 0 aromatic heterocycles. The Kier molecular flexibility index (Phi) is 5.30. The van der Waals surface area contributed by atoms with Crippen molar-refractivity contribution in [3.63, 3.8) is 0 Å².